The van der Waals surface area contributed by atoms with Gasteiger partial charge in [0.2, 0.25) is 5.91 Å². The van der Waals surface area contributed by atoms with Crippen LogP contribution in [0.4, 0.5) is 5.69 Å². The molecule has 31 heavy (non-hydrogen) atoms. The second-order valence-corrected chi connectivity index (χ2v) is 8.99. The number of hydrogen-bond donors (Lipinski definition) is 1. The highest BCUT2D eigenvalue weighted by atomic mass is 32.2. The first kappa shape index (κ1) is 21.4. The molecule has 162 valence electrons. The number of aromatic nitrogens is 1. The van der Waals surface area contributed by atoms with Gasteiger partial charge in [0.15, 0.2) is 0 Å². The molecule has 1 N–H and O–H groups in total. The molecule has 4 rings (SSSR count). The number of thioether (sulfide) groups is 1. The Kier molecular flexibility index (Phi) is 6.03. The molecule has 1 aromatic carbocycles. The van der Waals surface area contributed by atoms with E-state index >= 15 is 0 Å². The number of fused-ring (bicyclic) bond motifs is 1. The number of nitriles is 1. The van der Waals surface area contributed by atoms with Crippen LogP contribution in [0.5, 0.6) is 0 Å². The normalized spacial score (nSPS) is 19.7. The summed E-state index contributed by atoms with van der Waals surface area (Å²) >= 11 is 1.54. The third-order valence-corrected chi connectivity index (χ3v) is 6.64. The molecule has 0 spiro atoms. The number of carbonyl (C=O) groups excluding carboxylic acids is 2. The summed E-state index contributed by atoms with van der Waals surface area (Å²) in [6.07, 6.45) is 1.59. The fourth-order valence-corrected chi connectivity index (χ4v) is 5.16. The smallest absolute Gasteiger partial charge is 0.252 e. The van der Waals surface area contributed by atoms with Crippen molar-refractivity contribution in [2.75, 3.05) is 42.8 Å². The maximum atomic E-state index is 12.9. The lowest BCUT2D eigenvalue weighted by atomic mass is 9.95. The molecule has 0 unspecified atom stereocenters. The highest BCUT2D eigenvalue weighted by Crippen LogP contribution is 2.32. The van der Waals surface area contributed by atoms with Crippen LogP contribution in [0.25, 0.3) is 10.9 Å². The summed E-state index contributed by atoms with van der Waals surface area (Å²) in [6, 6.07) is 9.23. The number of amides is 2. The van der Waals surface area contributed by atoms with Gasteiger partial charge >= 0.3 is 0 Å². The van der Waals surface area contributed by atoms with Crippen molar-refractivity contribution in [2.24, 2.45) is 0 Å². The SMILES string of the molecule is CCOC1(C)CN(c2ccc3nccc(C(=O)NCC(=O)N4CSC[C@H]4C#N)c3c2)C1. The molecule has 2 fully saturated rings. The van der Waals surface area contributed by atoms with E-state index in [-0.39, 0.29) is 24.0 Å². The van der Waals surface area contributed by atoms with Gasteiger partial charge in [-0.2, -0.15) is 5.26 Å². The minimum absolute atomic E-state index is 0.139. The van der Waals surface area contributed by atoms with E-state index < -0.39 is 6.04 Å². The lowest BCUT2D eigenvalue weighted by Gasteiger charge is -2.48. The lowest BCUT2D eigenvalue weighted by Crippen LogP contribution is -2.61. The summed E-state index contributed by atoms with van der Waals surface area (Å²) in [6.45, 7) is 6.21. The number of nitrogens with one attached hydrogen (secondary N) is 1. The van der Waals surface area contributed by atoms with Crippen molar-refractivity contribution in [2.45, 2.75) is 25.5 Å². The number of benzene rings is 1. The Bertz CT molecular complexity index is 1050. The molecule has 8 nitrogen and oxygen atoms in total. The monoisotopic (exact) mass is 439 g/mol. The van der Waals surface area contributed by atoms with Crippen LogP contribution in [0, 0.1) is 11.3 Å². The Hall–Kier alpha value is -2.83. The van der Waals surface area contributed by atoms with Gasteiger partial charge in [0.25, 0.3) is 5.91 Å². The maximum absolute atomic E-state index is 12.9. The van der Waals surface area contributed by atoms with Crippen LogP contribution in [-0.4, -0.2) is 71.2 Å². The van der Waals surface area contributed by atoms with E-state index in [1.165, 1.54) is 16.7 Å². The molecule has 1 aromatic heterocycles. The highest BCUT2D eigenvalue weighted by Gasteiger charge is 2.39. The predicted molar refractivity (Wildman–Crippen MR) is 120 cm³/mol. The molecule has 9 heteroatoms. The van der Waals surface area contributed by atoms with Crippen LogP contribution < -0.4 is 10.2 Å². The van der Waals surface area contributed by atoms with Gasteiger partial charge in [0.1, 0.15) is 11.6 Å². The van der Waals surface area contributed by atoms with Crippen molar-refractivity contribution >= 4 is 40.2 Å². The van der Waals surface area contributed by atoms with Gasteiger partial charge in [-0.25, -0.2) is 0 Å². The predicted octanol–water partition coefficient (Wildman–Crippen LogP) is 2.00. The summed E-state index contributed by atoms with van der Waals surface area (Å²) in [4.78, 5) is 33.4. The molecule has 2 aliphatic heterocycles. The highest BCUT2D eigenvalue weighted by molar-refractivity contribution is 7.99. The van der Waals surface area contributed by atoms with Gasteiger partial charge in [0.05, 0.1) is 29.6 Å². The Morgan fingerprint density at radius 1 is 1.39 bits per heavy atom. The van der Waals surface area contributed by atoms with Gasteiger partial charge in [-0.1, -0.05) is 0 Å². The minimum Gasteiger partial charge on any atom is -0.372 e. The Morgan fingerprint density at radius 2 is 2.19 bits per heavy atom. The van der Waals surface area contributed by atoms with E-state index in [9.17, 15) is 9.59 Å². The van der Waals surface area contributed by atoms with Crippen LogP contribution in [0.3, 0.4) is 0 Å². The van der Waals surface area contributed by atoms with Crippen LogP contribution in [0.2, 0.25) is 0 Å². The Morgan fingerprint density at radius 3 is 2.94 bits per heavy atom. The largest absolute Gasteiger partial charge is 0.372 e. The van der Waals surface area contributed by atoms with Gasteiger partial charge < -0.3 is 19.9 Å². The van der Waals surface area contributed by atoms with Gasteiger partial charge in [-0.3, -0.25) is 14.6 Å². The summed E-state index contributed by atoms with van der Waals surface area (Å²) < 4.78 is 5.80. The van der Waals surface area contributed by atoms with Crippen molar-refractivity contribution in [1.29, 1.82) is 5.26 Å². The molecule has 1 atom stereocenters. The van der Waals surface area contributed by atoms with E-state index in [1.54, 1.807) is 12.3 Å². The number of rotatable bonds is 6. The molecule has 2 amide bonds. The third kappa shape index (κ3) is 4.31. The lowest BCUT2D eigenvalue weighted by molar-refractivity contribution is -0.129. The second kappa shape index (κ2) is 8.73. The van der Waals surface area contributed by atoms with Gasteiger partial charge in [0, 0.05) is 42.7 Å². The van der Waals surface area contributed by atoms with E-state index in [0.717, 1.165) is 29.7 Å². The van der Waals surface area contributed by atoms with Crippen molar-refractivity contribution in [3.63, 3.8) is 0 Å². The molecule has 0 saturated carbocycles. The number of ether oxygens (including phenoxy) is 1. The Labute approximate surface area is 185 Å². The molecular formula is C22H25N5O3S. The van der Waals surface area contributed by atoms with Crippen LogP contribution in [-0.2, 0) is 9.53 Å². The third-order valence-electron chi connectivity index (χ3n) is 5.63. The zero-order chi connectivity index (χ0) is 22.0. The average molecular weight is 440 g/mol. The van der Waals surface area contributed by atoms with Crippen LogP contribution in [0.15, 0.2) is 30.5 Å². The average Bonchev–Trinajstić information content (AvgIpc) is 3.24. The Balaban J connectivity index is 1.48. The standard InChI is InChI=1S/C22H25N5O3S/c1-3-30-22(2)12-26(13-22)15-4-5-19-18(8-15)17(6-7-24-19)21(29)25-10-20(28)27-14-31-11-16(27)9-23/h4-8,16H,3,10-14H2,1-2H3,(H,25,29)/t16-/m1/s1. The molecule has 0 aliphatic carbocycles. The summed E-state index contributed by atoms with van der Waals surface area (Å²) in [7, 11) is 0. The first-order chi connectivity index (χ1) is 14.9. The number of anilines is 1. The van der Waals surface area contributed by atoms with E-state index in [2.05, 4.69) is 28.2 Å². The topological polar surface area (TPSA) is 98.6 Å². The molecule has 2 aliphatic rings. The first-order valence-corrected chi connectivity index (χ1v) is 11.4. The summed E-state index contributed by atoms with van der Waals surface area (Å²) in [5, 5.41) is 12.6. The van der Waals surface area contributed by atoms with Crippen LogP contribution >= 0.6 is 11.8 Å². The van der Waals surface area contributed by atoms with Crippen molar-refractivity contribution in [3.8, 4) is 6.07 Å². The van der Waals surface area contributed by atoms with Crippen molar-refractivity contribution < 1.29 is 14.3 Å². The second-order valence-electron chi connectivity index (χ2n) is 7.99. The number of hydrogen-bond acceptors (Lipinski definition) is 7. The van der Waals surface area contributed by atoms with Gasteiger partial charge in [-0.15, -0.1) is 11.8 Å². The quantitative estimate of drug-likeness (QED) is 0.735. The molecular weight excluding hydrogens is 414 g/mol. The minimum atomic E-state index is -0.433. The molecule has 2 aromatic rings. The molecule has 0 radical (unpaired) electrons. The number of nitrogens with zero attached hydrogens (tertiary/aromatic N) is 4. The summed E-state index contributed by atoms with van der Waals surface area (Å²) in [5.74, 6) is 0.498. The summed E-state index contributed by atoms with van der Waals surface area (Å²) in [5.41, 5.74) is 2.05. The number of pyridine rings is 1. The van der Waals surface area contributed by atoms with E-state index in [0.29, 0.717) is 23.8 Å². The first-order valence-electron chi connectivity index (χ1n) is 10.3. The number of carbonyl (C=O) groups is 2. The fourth-order valence-electron chi connectivity index (χ4n) is 4.06. The van der Waals surface area contributed by atoms with Crippen molar-refractivity contribution in [3.05, 3.63) is 36.0 Å². The van der Waals surface area contributed by atoms with Gasteiger partial charge in [-0.05, 0) is 38.1 Å². The van der Waals surface area contributed by atoms with Crippen molar-refractivity contribution in [1.82, 2.24) is 15.2 Å². The molecule has 0 bridgehead atoms. The zero-order valence-electron chi connectivity index (χ0n) is 17.6. The molecule has 2 saturated heterocycles. The molecule has 3 heterocycles. The maximum Gasteiger partial charge on any atom is 0.252 e. The van der Waals surface area contributed by atoms with Crippen LogP contribution in [0.1, 0.15) is 24.2 Å². The zero-order valence-corrected chi connectivity index (χ0v) is 18.4. The fraction of sp³-hybridized carbons (Fsp3) is 0.455. The van der Waals surface area contributed by atoms with E-state index in [1.807, 2.05) is 25.1 Å². The van der Waals surface area contributed by atoms with E-state index in [4.69, 9.17) is 10.00 Å².